The van der Waals surface area contributed by atoms with E-state index < -0.39 is 10.5 Å². The van der Waals surface area contributed by atoms with Crippen molar-refractivity contribution in [3.63, 3.8) is 0 Å². The largest absolute Gasteiger partial charge is 0.389 e. The smallest absolute Gasteiger partial charge is 0.270 e. The van der Waals surface area contributed by atoms with E-state index in [0.29, 0.717) is 3.57 Å². The summed E-state index contributed by atoms with van der Waals surface area (Å²) in [6.45, 7) is 3.33. The van der Waals surface area contributed by atoms with E-state index >= 15 is 0 Å². The van der Waals surface area contributed by atoms with Crippen molar-refractivity contribution in [1.29, 1.82) is 0 Å². The molecule has 1 N–H and O–H groups in total. The van der Waals surface area contributed by atoms with Crippen LogP contribution in [0.15, 0.2) is 18.2 Å². The Labute approximate surface area is 124 Å². The second-order valence-electron chi connectivity index (χ2n) is 4.89. The molecule has 0 aliphatic carbocycles. The number of hydrogen-bond acceptors (Lipinski definition) is 4. The zero-order chi connectivity index (χ0) is 14.8. The van der Waals surface area contributed by atoms with E-state index in [2.05, 4.69) is 0 Å². The number of rotatable bonds is 4. The molecule has 0 aliphatic rings. The van der Waals surface area contributed by atoms with Crippen molar-refractivity contribution >= 4 is 34.2 Å². The van der Waals surface area contributed by atoms with Crippen LogP contribution in [0.5, 0.6) is 0 Å². The van der Waals surface area contributed by atoms with Crippen LogP contribution in [0.25, 0.3) is 0 Å². The number of benzene rings is 1. The highest BCUT2D eigenvalue weighted by atomic mass is 127. The number of aliphatic hydroxyl groups is 1. The number of nitrogens with zero attached hydrogens (tertiary/aromatic N) is 2. The zero-order valence-electron chi connectivity index (χ0n) is 10.9. The molecule has 104 valence electrons. The molecule has 1 rings (SSSR count). The van der Waals surface area contributed by atoms with Crippen molar-refractivity contribution in [3.8, 4) is 0 Å². The quantitative estimate of drug-likeness (QED) is 0.494. The first-order valence-electron chi connectivity index (χ1n) is 5.53. The number of carbonyl (C=O) groups is 1. The first-order chi connectivity index (χ1) is 8.61. The van der Waals surface area contributed by atoms with E-state index in [1.807, 2.05) is 22.6 Å². The maximum absolute atomic E-state index is 12.2. The lowest BCUT2D eigenvalue weighted by molar-refractivity contribution is -0.384. The minimum atomic E-state index is -1.02. The van der Waals surface area contributed by atoms with Crippen LogP contribution in [0.1, 0.15) is 24.2 Å². The number of hydrogen-bond donors (Lipinski definition) is 1. The molecule has 7 heteroatoms. The summed E-state index contributed by atoms with van der Waals surface area (Å²) < 4.78 is 0.635. The molecule has 19 heavy (non-hydrogen) atoms. The second-order valence-corrected chi connectivity index (χ2v) is 6.06. The lowest BCUT2D eigenvalue weighted by Crippen LogP contribution is -2.39. The van der Waals surface area contributed by atoms with Gasteiger partial charge in [-0.2, -0.15) is 0 Å². The molecule has 0 bridgehead atoms. The predicted octanol–water partition coefficient (Wildman–Crippen LogP) is 2.04. The van der Waals surface area contributed by atoms with E-state index in [4.69, 9.17) is 0 Å². The molecule has 0 saturated heterocycles. The molecule has 6 nitrogen and oxygen atoms in total. The number of amides is 1. The van der Waals surface area contributed by atoms with Crippen molar-refractivity contribution in [2.24, 2.45) is 0 Å². The molecule has 1 amide bonds. The Balaban J connectivity index is 3.05. The minimum absolute atomic E-state index is 0.125. The van der Waals surface area contributed by atoms with Gasteiger partial charge in [-0.05, 0) is 42.5 Å². The van der Waals surface area contributed by atoms with Crippen LogP contribution in [-0.2, 0) is 0 Å². The van der Waals surface area contributed by atoms with Crippen molar-refractivity contribution in [2.45, 2.75) is 19.4 Å². The highest BCUT2D eigenvalue weighted by Gasteiger charge is 2.23. The first kappa shape index (κ1) is 15.8. The number of likely N-dealkylation sites (N-methyl/N-ethyl adjacent to an activating group) is 1. The standard InChI is InChI=1S/C12H15IN2O4/c1-12(2,17)7-14(3)11(16)9-6-8(15(18)19)4-5-10(9)13/h4-6,17H,7H2,1-3H3. The van der Waals surface area contributed by atoms with Gasteiger partial charge in [-0.15, -0.1) is 0 Å². The second kappa shape index (κ2) is 5.83. The lowest BCUT2D eigenvalue weighted by Gasteiger charge is -2.25. The minimum Gasteiger partial charge on any atom is -0.389 e. The van der Waals surface area contributed by atoms with Gasteiger partial charge in [0.1, 0.15) is 0 Å². The first-order valence-corrected chi connectivity index (χ1v) is 6.61. The van der Waals surface area contributed by atoms with Gasteiger partial charge in [0.15, 0.2) is 0 Å². The summed E-state index contributed by atoms with van der Waals surface area (Å²) in [5, 5.41) is 20.4. The SMILES string of the molecule is CN(CC(C)(C)O)C(=O)c1cc([N+](=O)[O-])ccc1I. The normalized spacial score (nSPS) is 11.2. The Hall–Kier alpha value is -1.22. The molecule has 0 unspecified atom stereocenters. The molecule has 0 spiro atoms. The third-order valence-electron chi connectivity index (χ3n) is 2.36. The van der Waals surface area contributed by atoms with Crippen molar-refractivity contribution < 1.29 is 14.8 Å². The van der Waals surface area contributed by atoms with Crippen LogP contribution in [0.3, 0.4) is 0 Å². The van der Waals surface area contributed by atoms with Gasteiger partial charge >= 0.3 is 0 Å². The Morgan fingerprint density at radius 3 is 2.58 bits per heavy atom. The molecular weight excluding hydrogens is 363 g/mol. The van der Waals surface area contributed by atoms with Crippen LogP contribution in [0, 0.1) is 13.7 Å². The van der Waals surface area contributed by atoms with E-state index in [9.17, 15) is 20.0 Å². The average molecular weight is 378 g/mol. The number of non-ortho nitro benzene ring substituents is 1. The third-order valence-corrected chi connectivity index (χ3v) is 3.30. The zero-order valence-corrected chi connectivity index (χ0v) is 13.0. The molecule has 0 atom stereocenters. The molecule has 1 aromatic rings. The monoisotopic (exact) mass is 378 g/mol. The maximum Gasteiger partial charge on any atom is 0.270 e. The summed E-state index contributed by atoms with van der Waals surface area (Å²) in [5.41, 5.74) is -0.877. The van der Waals surface area contributed by atoms with Crippen LogP contribution in [0.4, 0.5) is 5.69 Å². The van der Waals surface area contributed by atoms with Gasteiger partial charge in [0, 0.05) is 29.3 Å². The summed E-state index contributed by atoms with van der Waals surface area (Å²) in [6.07, 6.45) is 0. The fraction of sp³-hybridized carbons (Fsp3) is 0.417. The summed E-state index contributed by atoms with van der Waals surface area (Å²) >= 11 is 1.95. The molecule has 0 radical (unpaired) electrons. The van der Waals surface area contributed by atoms with Gasteiger partial charge in [-0.25, -0.2) is 0 Å². The molecule has 0 heterocycles. The van der Waals surface area contributed by atoms with Crippen molar-refractivity contribution in [2.75, 3.05) is 13.6 Å². The predicted molar refractivity (Wildman–Crippen MR) is 79.1 cm³/mol. The van der Waals surface area contributed by atoms with Crippen LogP contribution >= 0.6 is 22.6 Å². The fourth-order valence-electron chi connectivity index (χ4n) is 1.65. The van der Waals surface area contributed by atoms with Crippen LogP contribution in [0.2, 0.25) is 0 Å². The molecule has 1 aromatic carbocycles. The number of nitro groups is 1. The molecule has 0 aliphatic heterocycles. The van der Waals surface area contributed by atoms with Crippen LogP contribution < -0.4 is 0 Å². The van der Waals surface area contributed by atoms with E-state index in [1.54, 1.807) is 20.9 Å². The van der Waals surface area contributed by atoms with Crippen LogP contribution in [-0.4, -0.2) is 40.0 Å². The number of nitro benzene ring substituents is 1. The molecule has 0 fully saturated rings. The topological polar surface area (TPSA) is 83.7 Å². The molecule has 0 saturated carbocycles. The summed E-state index contributed by atoms with van der Waals surface area (Å²) in [4.78, 5) is 23.7. The van der Waals surface area contributed by atoms with E-state index in [1.165, 1.54) is 23.1 Å². The lowest BCUT2D eigenvalue weighted by atomic mass is 10.1. The molecule has 0 aromatic heterocycles. The van der Waals surface area contributed by atoms with Crippen molar-refractivity contribution in [3.05, 3.63) is 37.4 Å². The van der Waals surface area contributed by atoms with Crippen molar-refractivity contribution in [1.82, 2.24) is 4.90 Å². The fourth-order valence-corrected chi connectivity index (χ4v) is 2.21. The van der Waals surface area contributed by atoms with E-state index in [0.717, 1.165) is 0 Å². The Morgan fingerprint density at radius 1 is 1.53 bits per heavy atom. The summed E-state index contributed by atoms with van der Waals surface area (Å²) in [5.74, 6) is -0.352. The highest BCUT2D eigenvalue weighted by Crippen LogP contribution is 2.21. The summed E-state index contributed by atoms with van der Waals surface area (Å²) in [6, 6.07) is 4.14. The summed E-state index contributed by atoms with van der Waals surface area (Å²) in [7, 11) is 1.55. The van der Waals surface area contributed by atoms with Gasteiger partial charge in [-0.1, -0.05) is 0 Å². The highest BCUT2D eigenvalue weighted by molar-refractivity contribution is 14.1. The Kier molecular flexibility index (Phi) is 4.86. The van der Waals surface area contributed by atoms with Gasteiger partial charge in [0.05, 0.1) is 16.1 Å². The van der Waals surface area contributed by atoms with Gasteiger partial charge in [-0.3, -0.25) is 14.9 Å². The van der Waals surface area contributed by atoms with Gasteiger partial charge < -0.3 is 10.0 Å². The Morgan fingerprint density at radius 2 is 2.11 bits per heavy atom. The molecular formula is C12H15IN2O4. The maximum atomic E-state index is 12.2. The Bertz CT molecular complexity index is 511. The number of carbonyl (C=O) groups excluding carboxylic acids is 1. The van der Waals surface area contributed by atoms with Gasteiger partial charge in [0.25, 0.3) is 11.6 Å². The average Bonchev–Trinajstić information content (AvgIpc) is 2.26. The number of halogens is 1. The van der Waals surface area contributed by atoms with Gasteiger partial charge in [0.2, 0.25) is 0 Å². The third kappa shape index (κ3) is 4.43. The van der Waals surface area contributed by atoms with E-state index in [-0.39, 0.29) is 23.7 Å².